The summed E-state index contributed by atoms with van der Waals surface area (Å²) in [4.78, 5) is 0. The molecule has 1 aliphatic heterocycles. The summed E-state index contributed by atoms with van der Waals surface area (Å²) in [5.74, 6) is 1.68. The lowest BCUT2D eigenvalue weighted by atomic mass is 10.2. The van der Waals surface area contributed by atoms with Gasteiger partial charge in [0.05, 0.1) is 24.6 Å². The van der Waals surface area contributed by atoms with E-state index in [1.807, 2.05) is 36.4 Å². The number of aryl methyl sites for hydroxylation is 1. The van der Waals surface area contributed by atoms with E-state index in [2.05, 4.69) is 23.6 Å². The third-order valence-electron chi connectivity index (χ3n) is 3.75. The monoisotopic (exact) mass is 328 g/mol. The number of benzene rings is 2. The van der Waals surface area contributed by atoms with Crippen LogP contribution in [0.2, 0.25) is 0 Å². The molecule has 0 unspecified atom stereocenters. The second-order valence-electron chi connectivity index (χ2n) is 5.66. The minimum absolute atomic E-state index is 0.489. The van der Waals surface area contributed by atoms with Crippen molar-refractivity contribution >= 4 is 11.4 Å². The number of ether oxygens (including phenoxy) is 3. The first-order chi connectivity index (χ1) is 11.8. The number of hydrogen-bond donors (Lipinski definition) is 2. The van der Waals surface area contributed by atoms with Crippen molar-refractivity contribution in [1.82, 2.24) is 0 Å². The van der Waals surface area contributed by atoms with Crippen molar-refractivity contribution in [1.29, 1.82) is 0 Å². The van der Waals surface area contributed by atoms with Gasteiger partial charge in [-0.15, -0.1) is 0 Å². The van der Waals surface area contributed by atoms with Crippen LogP contribution in [0.3, 0.4) is 0 Å². The number of anilines is 2. The van der Waals surface area contributed by atoms with Crippen LogP contribution in [-0.4, -0.2) is 39.5 Å². The van der Waals surface area contributed by atoms with Crippen LogP contribution in [-0.2, 0) is 4.74 Å². The molecule has 2 aromatic rings. The zero-order valence-electron chi connectivity index (χ0n) is 14.0. The smallest absolute Gasteiger partial charge is 0.142 e. The van der Waals surface area contributed by atoms with Crippen LogP contribution >= 0.6 is 0 Å². The van der Waals surface area contributed by atoms with E-state index in [0.717, 1.165) is 36.0 Å². The van der Waals surface area contributed by atoms with Crippen LogP contribution in [0.25, 0.3) is 0 Å². The van der Waals surface area contributed by atoms with Gasteiger partial charge in [0.2, 0.25) is 0 Å². The molecule has 2 N–H and O–H groups in total. The first kappa shape index (κ1) is 16.5. The molecular weight excluding hydrogens is 304 g/mol. The number of para-hydroxylation sites is 2. The summed E-state index contributed by atoms with van der Waals surface area (Å²) in [6.45, 7) is 5.81. The summed E-state index contributed by atoms with van der Waals surface area (Å²) in [6, 6.07) is 14.1. The standard InChI is InChI=1S/C19H24N2O3/c1-15-6-7-17-19(14-15)24-13-12-23-18-5-3-2-4-16(18)20-8-10-22-11-9-21-17/h2-7,14,20-21H,8-13H2,1H3. The molecule has 5 nitrogen and oxygen atoms in total. The molecule has 0 aliphatic carbocycles. The van der Waals surface area contributed by atoms with Crippen molar-refractivity contribution in [2.24, 2.45) is 0 Å². The fourth-order valence-electron chi connectivity index (χ4n) is 2.55. The SMILES string of the molecule is Cc1ccc2c(c1)OCCOc1ccccc1NCCOCCN2. The highest BCUT2D eigenvalue weighted by atomic mass is 16.5. The molecule has 1 aliphatic rings. The highest BCUT2D eigenvalue weighted by molar-refractivity contribution is 5.58. The molecule has 0 spiro atoms. The number of nitrogens with one attached hydrogen (secondary N) is 2. The second-order valence-corrected chi connectivity index (χ2v) is 5.66. The average Bonchev–Trinajstić information content (AvgIpc) is 2.60. The van der Waals surface area contributed by atoms with Gasteiger partial charge in [-0.25, -0.2) is 0 Å². The number of hydrogen-bond acceptors (Lipinski definition) is 5. The van der Waals surface area contributed by atoms with Gasteiger partial charge in [-0.3, -0.25) is 0 Å². The zero-order valence-corrected chi connectivity index (χ0v) is 14.0. The number of rotatable bonds is 0. The molecule has 0 atom stereocenters. The predicted octanol–water partition coefficient (Wildman–Crippen LogP) is 3.31. The van der Waals surface area contributed by atoms with Crippen LogP contribution in [0.1, 0.15) is 5.56 Å². The Balaban J connectivity index is 1.71. The summed E-state index contributed by atoms with van der Waals surface area (Å²) in [7, 11) is 0. The maximum atomic E-state index is 5.91. The third kappa shape index (κ3) is 4.55. The molecule has 0 radical (unpaired) electrons. The average molecular weight is 328 g/mol. The van der Waals surface area contributed by atoms with Gasteiger partial charge in [0, 0.05) is 13.1 Å². The molecule has 2 aromatic carbocycles. The van der Waals surface area contributed by atoms with Gasteiger partial charge in [-0.05, 0) is 36.8 Å². The molecule has 0 bridgehead atoms. The molecule has 3 rings (SSSR count). The van der Waals surface area contributed by atoms with E-state index in [9.17, 15) is 0 Å². The van der Waals surface area contributed by atoms with E-state index in [4.69, 9.17) is 14.2 Å². The zero-order chi connectivity index (χ0) is 16.6. The van der Waals surface area contributed by atoms with Gasteiger partial charge >= 0.3 is 0 Å². The van der Waals surface area contributed by atoms with Crippen molar-refractivity contribution in [2.75, 3.05) is 50.2 Å². The van der Waals surface area contributed by atoms with Crippen LogP contribution in [0, 0.1) is 6.92 Å². The van der Waals surface area contributed by atoms with E-state index in [0.29, 0.717) is 26.4 Å². The second kappa shape index (κ2) is 8.45. The molecule has 1 heterocycles. The third-order valence-corrected chi connectivity index (χ3v) is 3.75. The Morgan fingerprint density at radius 2 is 1.42 bits per heavy atom. The highest BCUT2D eigenvalue weighted by Gasteiger charge is 2.06. The van der Waals surface area contributed by atoms with Crippen LogP contribution in [0.5, 0.6) is 11.5 Å². The first-order valence-electron chi connectivity index (χ1n) is 8.34. The predicted molar refractivity (Wildman–Crippen MR) is 96.4 cm³/mol. The maximum absolute atomic E-state index is 5.91. The van der Waals surface area contributed by atoms with Crippen molar-refractivity contribution in [3.63, 3.8) is 0 Å². The molecule has 128 valence electrons. The summed E-state index contributed by atoms with van der Waals surface area (Å²) in [5, 5.41) is 6.71. The summed E-state index contributed by atoms with van der Waals surface area (Å²) < 4.78 is 17.4. The van der Waals surface area contributed by atoms with Gasteiger partial charge in [0.25, 0.3) is 0 Å². The minimum atomic E-state index is 0.489. The fourth-order valence-corrected chi connectivity index (χ4v) is 2.55. The summed E-state index contributed by atoms with van der Waals surface area (Å²) in [5.41, 5.74) is 3.13. The Morgan fingerprint density at radius 3 is 2.21 bits per heavy atom. The Hall–Kier alpha value is -2.40. The topological polar surface area (TPSA) is 51.8 Å². The normalized spacial score (nSPS) is 15.9. The van der Waals surface area contributed by atoms with Crippen LogP contribution in [0.15, 0.2) is 42.5 Å². The van der Waals surface area contributed by atoms with Crippen molar-refractivity contribution in [3.8, 4) is 11.5 Å². The lowest BCUT2D eigenvalue weighted by Gasteiger charge is -2.15. The maximum Gasteiger partial charge on any atom is 0.142 e. The Bertz CT molecular complexity index is 661. The fraction of sp³-hybridized carbons (Fsp3) is 0.368. The molecule has 5 heteroatoms. The largest absolute Gasteiger partial charge is 0.488 e. The van der Waals surface area contributed by atoms with E-state index in [-0.39, 0.29) is 0 Å². The van der Waals surface area contributed by atoms with Crippen molar-refractivity contribution in [2.45, 2.75) is 6.92 Å². The molecule has 0 saturated carbocycles. The first-order valence-corrected chi connectivity index (χ1v) is 8.34. The van der Waals surface area contributed by atoms with Crippen LogP contribution < -0.4 is 20.1 Å². The van der Waals surface area contributed by atoms with E-state index < -0.39 is 0 Å². The van der Waals surface area contributed by atoms with Gasteiger partial charge < -0.3 is 24.8 Å². The Labute approximate surface area is 142 Å². The van der Waals surface area contributed by atoms with Crippen molar-refractivity contribution < 1.29 is 14.2 Å². The van der Waals surface area contributed by atoms with Gasteiger partial charge in [-0.1, -0.05) is 18.2 Å². The molecule has 0 fully saturated rings. The van der Waals surface area contributed by atoms with E-state index >= 15 is 0 Å². The summed E-state index contributed by atoms with van der Waals surface area (Å²) in [6.07, 6.45) is 0. The molecule has 0 amide bonds. The minimum Gasteiger partial charge on any atom is -0.488 e. The van der Waals surface area contributed by atoms with Gasteiger partial charge in [-0.2, -0.15) is 0 Å². The lowest BCUT2D eigenvalue weighted by molar-refractivity contribution is 0.154. The Kier molecular flexibility index (Phi) is 5.80. The molecule has 0 aromatic heterocycles. The van der Waals surface area contributed by atoms with Gasteiger partial charge in [0.1, 0.15) is 24.7 Å². The summed E-state index contributed by atoms with van der Waals surface area (Å²) >= 11 is 0. The van der Waals surface area contributed by atoms with E-state index in [1.54, 1.807) is 0 Å². The van der Waals surface area contributed by atoms with Crippen molar-refractivity contribution in [3.05, 3.63) is 48.0 Å². The molecule has 24 heavy (non-hydrogen) atoms. The highest BCUT2D eigenvalue weighted by Crippen LogP contribution is 2.26. The molecule has 0 saturated heterocycles. The molecular formula is C19H24N2O3. The quantitative estimate of drug-likeness (QED) is 0.777. The van der Waals surface area contributed by atoms with E-state index in [1.165, 1.54) is 5.56 Å². The van der Waals surface area contributed by atoms with Crippen LogP contribution in [0.4, 0.5) is 11.4 Å². The van der Waals surface area contributed by atoms with Gasteiger partial charge in [0.15, 0.2) is 0 Å². The lowest BCUT2D eigenvalue weighted by Crippen LogP contribution is -2.15. The number of fused-ring (bicyclic) bond motifs is 2. The Morgan fingerprint density at radius 1 is 0.750 bits per heavy atom.